The normalized spacial score (nSPS) is 12.6. The lowest BCUT2D eigenvalue weighted by molar-refractivity contribution is -0.157. The molecule has 298 valence electrons. The number of nitrogens with zero attached hydrogens (tertiary/aromatic N) is 2. The van der Waals surface area contributed by atoms with Gasteiger partial charge in [-0.1, -0.05) is 60.3 Å². The van der Waals surface area contributed by atoms with Gasteiger partial charge in [-0.3, -0.25) is 14.4 Å². The number of aldehydes is 1. The number of aromatic nitrogens is 2. The van der Waals surface area contributed by atoms with Crippen LogP contribution in [0.3, 0.4) is 0 Å². The van der Waals surface area contributed by atoms with Crippen molar-refractivity contribution in [3.05, 3.63) is 104 Å². The molecule has 1 fully saturated rings. The van der Waals surface area contributed by atoms with E-state index in [1.54, 1.807) is 13.8 Å². The number of hydrogen-bond acceptors (Lipinski definition) is 9. The second kappa shape index (κ2) is 22.0. The molecule has 1 aliphatic rings. The van der Waals surface area contributed by atoms with Gasteiger partial charge in [-0.15, -0.1) is 0 Å². The highest BCUT2D eigenvalue weighted by Gasteiger charge is 2.40. The van der Waals surface area contributed by atoms with Gasteiger partial charge in [-0.25, -0.2) is 27.5 Å². The summed E-state index contributed by atoms with van der Waals surface area (Å²) in [5, 5.41) is 10.4. The number of carbonyl (C=O) groups excluding carboxylic acids is 3. The summed E-state index contributed by atoms with van der Waals surface area (Å²) in [5.41, 5.74) is -1.14. The maximum Gasteiger partial charge on any atom is 0.314 e. The molecule has 3 heterocycles. The lowest BCUT2D eigenvalue weighted by Gasteiger charge is -2.29. The van der Waals surface area contributed by atoms with Crippen molar-refractivity contribution < 1.29 is 51.3 Å². The number of esters is 2. The first kappa shape index (κ1) is 47.3. The third kappa shape index (κ3) is 13.4. The van der Waals surface area contributed by atoms with Gasteiger partial charge >= 0.3 is 11.9 Å². The number of methoxy groups -OCH3 is 2. The summed E-state index contributed by atoms with van der Waals surface area (Å²) >= 11 is 23.5. The Morgan fingerprint density at radius 2 is 1.25 bits per heavy atom. The van der Waals surface area contributed by atoms with Gasteiger partial charge in [0.15, 0.2) is 6.29 Å². The first-order valence-corrected chi connectivity index (χ1v) is 17.8. The van der Waals surface area contributed by atoms with Crippen molar-refractivity contribution in [2.75, 3.05) is 27.4 Å². The summed E-state index contributed by atoms with van der Waals surface area (Å²) in [6.45, 7) is 8.48. The van der Waals surface area contributed by atoms with E-state index in [4.69, 9.17) is 55.9 Å². The maximum absolute atomic E-state index is 14.2. The van der Waals surface area contributed by atoms with E-state index in [1.807, 2.05) is 0 Å². The van der Waals surface area contributed by atoms with Gasteiger partial charge in [-0.05, 0) is 68.7 Å². The van der Waals surface area contributed by atoms with Crippen molar-refractivity contribution in [1.82, 2.24) is 9.97 Å². The molecule has 0 radical (unpaired) electrons. The van der Waals surface area contributed by atoms with Gasteiger partial charge in [0, 0.05) is 47.6 Å². The third-order valence-corrected chi connectivity index (χ3v) is 8.65. The predicted octanol–water partition coefficient (Wildman–Crippen LogP) is 10.3. The zero-order valence-electron chi connectivity index (χ0n) is 30.5. The predicted molar refractivity (Wildman–Crippen MR) is 202 cm³/mol. The van der Waals surface area contributed by atoms with E-state index in [0.29, 0.717) is 18.4 Å². The number of rotatable bonds is 7. The SMILES string of the molecule is C1CCOC1.COC(=O)C(C)(C)C(O)c1c(-c2ccc(F)cc2F)cc(Cl)nc1Cl.COC(=O)C(C)C.O=Cc1c(-c2ccc(F)cc2F)cc(Cl)nc1Cl. The Labute approximate surface area is 335 Å². The molecule has 0 saturated carbocycles. The first-order valence-electron chi connectivity index (χ1n) is 16.3. The minimum absolute atomic E-state index is 0.00463. The van der Waals surface area contributed by atoms with Gasteiger partial charge in [0.1, 0.15) is 43.9 Å². The summed E-state index contributed by atoms with van der Waals surface area (Å²) in [4.78, 5) is 40.8. The molecule has 1 N–H and O–H groups in total. The fourth-order valence-corrected chi connectivity index (χ4v) is 5.71. The molecule has 5 rings (SSSR count). The molecule has 4 aromatic rings. The van der Waals surface area contributed by atoms with E-state index < -0.39 is 40.8 Å². The van der Waals surface area contributed by atoms with E-state index in [0.717, 1.165) is 25.3 Å². The molecule has 2 aromatic heterocycles. The summed E-state index contributed by atoms with van der Waals surface area (Å²) in [6, 6.07) is 8.53. The van der Waals surface area contributed by atoms with Crippen LogP contribution in [-0.2, 0) is 23.8 Å². The molecule has 2 aromatic carbocycles. The van der Waals surface area contributed by atoms with E-state index in [9.17, 15) is 37.1 Å². The molecule has 1 saturated heterocycles. The number of halogens is 8. The molecule has 0 bridgehead atoms. The topological polar surface area (TPSA) is 125 Å². The zero-order chi connectivity index (χ0) is 41.6. The third-order valence-electron chi connectivity index (χ3n) is 7.69. The van der Waals surface area contributed by atoms with E-state index in [2.05, 4.69) is 14.7 Å². The number of carbonyl (C=O) groups is 3. The van der Waals surface area contributed by atoms with E-state index in [-0.39, 0.29) is 65.9 Å². The van der Waals surface area contributed by atoms with Crippen molar-refractivity contribution in [2.24, 2.45) is 11.3 Å². The number of aliphatic hydroxyl groups excluding tert-OH is 1. The molecule has 9 nitrogen and oxygen atoms in total. The highest BCUT2D eigenvalue weighted by Crippen LogP contribution is 2.43. The number of hydrogen-bond donors (Lipinski definition) is 1. The summed E-state index contributed by atoms with van der Waals surface area (Å²) in [7, 11) is 2.57. The van der Waals surface area contributed by atoms with Crippen LogP contribution < -0.4 is 0 Å². The Morgan fingerprint density at radius 1 is 0.782 bits per heavy atom. The van der Waals surface area contributed by atoms with Crippen molar-refractivity contribution in [2.45, 2.75) is 46.6 Å². The Morgan fingerprint density at radius 3 is 1.64 bits per heavy atom. The summed E-state index contributed by atoms with van der Waals surface area (Å²) < 4.78 is 67.9. The smallest absolute Gasteiger partial charge is 0.314 e. The largest absolute Gasteiger partial charge is 0.469 e. The van der Waals surface area contributed by atoms with Gasteiger partial charge in [0.05, 0.1) is 37.2 Å². The van der Waals surface area contributed by atoms with Crippen molar-refractivity contribution >= 4 is 64.6 Å². The molecule has 1 aliphatic heterocycles. The van der Waals surface area contributed by atoms with Crippen LogP contribution in [0.25, 0.3) is 22.3 Å². The quantitative estimate of drug-likeness (QED) is 0.0837. The molecule has 0 spiro atoms. The van der Waals surface area contributed by atoms with Gasteiger partial charge in [0.2, 0.25) is 0 Å². The zero-order valence-corrected chi connectivity index (χ0v) is 33.5. The number of aliphatic hydroxyl groups is 1. The molecule has 55 heavy (non-hydrogen) atoms. The Hall–Kier alpha value is -3.85. The molecule has 1 atom stereocenters. The summed E-state index contributed by atoms with van der Waals surface area (Å²) in [5.74, 6) is -4.00. The minimum Gasteiger partial charge on any atom is -0.469 e. The van der Waals surface area contributed by atoms with Crippen LogP contribution in [0.5, 0.6) is 0 Å². The molecular formula is C38H38Cl4F4N2O7. The van der Waals surface area contributed by atoms with E-state index in [1.165, 1.54) is 65.2 Å². The molecule has 0 aliphatic carbocycles. The Kier molecular flexibility index (Phi) is 19.0. The highest BCUT2D eigenvalue weighted by atomic mass is 35.5. The Bertz CT molecular complexity index is 1960. The van der Waals surface area contributed by atoms with Gasteiger partial charge in [0.25, 0.3) is 0 Å². The van der Waals surface area contributed by atoms with E-state index >= 15 is 0 Å². The van der Waals surface area contributed by atoms with Crippen LogP contribution in [0.15, 0.2) is 48.5 Å². The van der Waals surface area contributed by atoms with Crippen molar-refractivity contribution in [1.29, 1.82) is 0 Å². The fraction of sp³-hybridized carbons (Fsp3) is 0.342. The molecule has 17 heteroatoms. The lowest BCUT2D eigenvalue weighted by atomic mass is 9.80. The number of pyridine rings is 2. The lowest BCUT2D eigenvalue weighted by Crippen LogP contribution is -2.33. The fourth-order valence-electron chi connectivity index (χ4n) is 4.70. The minimum atomic E-state index is -1.48. The average Bonchev–Trinajstić information content (AvgIpc) is 3.71. The van der Waals surface area contributed by atoms with Crippen molar-refractivity contribution in [3.63, 3.8) is 0 Å². The molecule has 1 unspecified atom stereocenters. The van der Waals surface area contributed by atoms with Crippen LogP contribution in [0.2, 0.25) is 20.6 Å². The summed E-state index contributed by atoms with van der Waals surface area (Å²) in [6.07, 6.45) is 1.53. The Balaban J connectivity index is 0.000000300. The van der Waals surface area contributed by atoms with Crippen LogP contribution >= 0.6 is 46.4 Å². The highest BCUT2D eigenvalue weighted by molar-refractivity contribution is 6.35. The second-order valence-electron chi connectivity index (χ2n) is 12.4. The van der Waals surface area contributed by atoms with Crippen LogP contribution in [-0.4, -0.2) is 60.7 Å². The number of benzene rings is 2. The van der Waals surface area contributed by atoms with Crippen LogP contribution in [0, 0.1) is 34.6 Å². The van der Waals surface area contributed by atoms with Crippen LogP contribution in [0.1, 0.15) is 62.6 Å². The molecular weight excluding hydrogens is 814 g/mol. The second-order valence-corrected chi connectivity index (χ2v) is 13.9. The standard InChI is InChI=1S/C17H15Cl2F2NO3.C12H5Cl2F2NO.C5H10O2.C4H8O/c1-17(2,16(24)25-3)14(23)13-10(7-12(18)22-15(13)19)9-5-4-8(20)6-11(9)21;13-11-4-8(9(5-18)12(14)17-11)7-2-1-6(15)3-10(7)16;1-4(2)5(6)7-3;1-2-4-5-3-1/h4-7,14,23H,1-3H3;1-5H;4H,1-3H3;1-4H2. The molecule has 0 amide bonds. The average molecular weight is 853 g/mol. The van der Waals surface area contributed by atoms with Gasteiger partial charge in [-0.2, -0.15) is 0 Å². The van der Waals surface area contributed by atoms with Crippen molar-refractivity contribution in [3.8, 4) is 22.3 Å². The monoisotopic (exact) mass is 850 g/mol. The first-order chi connectivity index (χ1) is 25.8. The van der Waals surface area contributed by atoms with Crippen LogP contribution in [0.4, 0.5) is 17.6 Å². The van der Waals surface area contributed by atoms with Gasteiger partial charge < -0.3 is 19.3 Å². The number of ether oxygens (including phenoxy) is 3. The maximum atomic E-state index is 14.2.